The summed E-state index contributed by atoms with van der Waals surface area (Å²) < 4.78 is 1.75. The molecule has 1 aromatic carbocycles. The van der Waals surface area contributed by atoms with Crippen molar-refractivity contribution in [1.29, 1.82) is 0 Å². The molecule has 0 aliphatic rings. The quantitative estimate of drug-likeness (QED) is 0.882. The first kappa shape index (κ1) is 15.8. The topological polar surface area (TPSA) is 84.2 Å². The van der Waals surface area contributed by atoms with Gasteiger partial charge >= 0.3 is 5.97 Å². The Kier molecular flexibility index (Phi) is 4.60. The van der Waals surface area contributed by atoms with E-state index in [0.29, 0.717) is 11.3 Å². The summed E-state index contributed by atoms with van der Waals surface area (Å²) in [5.74, 6) is -1.11. The Bertz CT molecular complexity index is 719. The van der Waals surface area contributed by atoms with Crippen LogP contribution in [0.25, 0.3) is 0 Å². The van der Waals surface area contributed by atoms with Crippen molar-refractivity contribution in [2.75, 3.05) is 5.32 Å². The van der Waals surface area contributed by atoms with Gasteiger partial charge in [0.15, 0.2) is 0 Å². The van der Waals surface area contributed by atoms with Gasteiger partial charge in [0, 0.05) is 24.0 Å². The third kappa shape index (κ3) is 3.52. The Labute approximate surface area is 128 Å². The number of carbonyl (C=O) groups is 2. The SMILES string of the molecule is Cc1nn(C)c(C)c1CC(=O)Nc1ccccc1CC(=O)O. The minimum atomic E-state index is -0.930. The molecule has 0 aliphatic heterocycles. The van der Waals surface area contributed by atoms with Gasteiger partial charge in [-0.3, -0.25) is 14.3 Å². The van der Waals surface area contributed by atoms with Crippen LogP contribution in [0.1, 0.15) is 22.5 Å². The van der Waals surface area contributed by atoms with Gasteiger partial charge in [0.1, 0.15) is 0 Å². The van der Waals surface area contributed by atoms with Crippen LogP contribution in [0.3, 0.4) is 0 Å². The molecule has 0 bridgehead atoms. The van der Waals surface area contributed by atoms with E-state index in [1.54, 1.807) is 28.9 Å². The number of aryl methyl sites for hydroxylation is 2. The molecular formula is C16H19N3O3. The van der Waals surface area contributed by atoms with Crippen LogP contribution in [-0.2, 0) is 29.5 Å². The molecule has 0 aliphatic carbocycles. The molecule has 6 heteroatoms. The van der Waals surface area contributed by atoms with Crippen LogP contribution in [0.15, 0.2) is 24.3 Å². The van der Waals surface area contributed by atoms with Gasteiger partial charge in [0.2, 0.25) is 5.91 Å². The lowest BCUT2D eigenvalue weighted by Gasteiger charge is -2.10. The number of para-hydroxylation sites is 1. The maximum atomic E-state index is 12.2. The number of aliphatic carboxylic acids is 1. The molecular weight excluding hydrogens is 282 g/mol. The second-order valence-electron chi connectivity index (χ2n) is 5.23. The summed E-state index contributed by atoms with van der Waals surface area (Å²) in [6, 6.07) is 6.92. The Hall–Kier alpha value is -2.63. The largest absolute Gasteiger partial charge is 0.481 e. The molecule has 0 radical (unpaired) electrons. The predicted molar refractivity (Wildman–Crippen MR) is 82.8 cm³/mol. The first-order valence-corrected chi connectivity index (χ1v) is 6.97. The van der Waals surface area contributed by atoms with E-state index < -0.39 is 5.97 Å². The predicted octanol–water partition coefficient (Wildman–Crippen LogP) is 1.85. The first-order chi connectivity index (χ1) is 10.4. The van der Waals surface area contributed by atoms with Gasteiger partial charge in [-0.25, -0.2) is 0 Å². The number of aromatic nitrogens is 2. The molecule has 1 aromatic heterocycles. The van der Waals surface area contributed by atoms with E-state index in [2.05, 4.69) is 10.4 Å². The van der Waals surface area contributed by atoms with Gasteiger partial charge < -0.3 is 10.4 Å². The van der Waals surface area contributed by atoms with Crippen molar-refractivity contribution in [2.45, 2.75) is 26.7 Å². The molecule has 1 heterocycles. The smallest absolute Gasteiger partial charge is 0.307 e. The lowest BCUT2D eigenvalue weighted by Crippen LogP contribution is -2.17. The molecule has 22 heavy (non-hydrogen) atoms. The lowest BCUT2D eigenvalue weighted by atomic mass is 10.1. The highest BCUT2D eigenvalue weighted by Gasteiger charge is 2.15. The number of anilines is 1. The average molecular weight is 301 g/mol. The third-order valence-corrected chi connectivity index (χ3v) is 3.63. The molecule has 0 fully saturated rings. The maximum absolute atomic E-state index is 12.2. The Morgan fingerprint density at radius 2 is 1.91 bits per heavy atom. The highest BCUT2D eigenvalue weighted by Crippen LogP contribution is 2.18. The van der Waals surface area contributed by atoms with Crippen LogP contribution in [0, 0.1) is 13.8 Å². The molecule has 1 amide bonds. The van der Waals surface area contributed by atoms with Crippen molar-refractivity contribution in [1.82, 2.24) is 9.78 Å². The van der Waals surface area contributed by atoms with Crippen molar-refractivity contribution in [3.05, 3.63) is 46.8 Å². The Balaban J connectivity index is 2.14. The van der Waals surface area contributed by atoms with Gasteiger partial charge in [0.25, 0.3) is 0 Å². The molecule has 2 aromatic rings. The van der Waals surface area contributed by atoms with Crippen LogP contribution in [0.4, 0.5) is 5.69 Å². The number of carboxylic acid groups (broad SMARTS) is 1. The normalized spacial score (nSPS) is 10.5. The van der Waals surface area contributed by atoms with Crippen LogP contribution in [0.2, 0.25) is 0 Å². The van der Waals surface area contributed by atoms with E-state index in [-0.39, 0.29) is 18.7 Å². The second-order valence-corrected chi connectivity index (χ2v) is 5.23. The van der Waals surface area contributed by atoms with Gasteiger partial charge in [-0.15, -0.1) is 0 Å². The number of nitrogens with zero attached hydrogens (tertiary/aromatic N) is 2. The molecule has 0 unspecified atom stereocenters. The molecule has 6 nitrogen and oxygen atoms in total. The van der Waals surface area contributed by atoms with Gasteiger partial charge in [-0.05, 0) is 25.5 Å². The zero-order chi connectivity index (χ0) is 16.3. The Morgan fingerprint density at radius 1 is 1.23 bits per heavy atom. The maximum Gasteiger partial charge on any atom is 0.307 e. The second kappa shape index (κ2) is 6.43. The third-order valence-electron chi connectivity index (χ3n) is 3.63. The van der Waals surface area contributed by atoms with Gasteiger partial charge in [-0.1, -0.05) is 18.2 Å². The number of rotatable bonds is 5. The first-order valence-electron chi connectivity index (χ1n) is 6.97. The number of hydrogen-bond donors (Lipinski definition) is 2. The van der Waals surface area contributed by atoms with E-state index in [0.717, 1.165) is 17.0 Å². The van der Waals surface area contributed by atoms with Crippen molar-refractivity contribution >= 4 is 17.6 Å². The van der Waals surface area contributed by atoms with Crippen LogP contribution in [-0.4, -0.2) is 26.8 Å². The monoisotopic (exact) mass is 301 g/mol. The average Bonchev–Trinajstić information content (AvgIpc) is 2.67. The van der Waals surface area contributed by atoms with Gasteiger partial charge in [-0.2, -0.15) is 5.10 Å². The molecule has 0 atom stereocenters. The van der Waals surface area contributed by atoms with Crippen LogP contribution >= 0.6 is 0 Å². The number of benzene rings is 1. The number of nitrogens with one attached hydrogen (secondary N) is 1. The Morgan fingerprint density at radius 3 is 2.50 bits per heavy atom. The zero-order valence-electron chi connectivity index (χ0n) is 12.9. The molecule has 2 rings (SSSR count). The van der Waals surface area contributed by atoms with Gasteiger partial charge in [0.05, 0.1) is 18.5 Å². The molecule has 2 N–H and O–H groups in total. The summed E-state index contributed by atoms with van der Waals surface area (Å²) in [4.78, 5) is 23.1. The van der Waals surface area contributed by atoms with Crippen molar-refractivity contribution < 1.29 is 14.7 Å². The van der Waals surface area contributed by atoms with E-state index in [4.69, 9.17) is 5.11 Å². The van der Waals surface area contributed by atoms with E-state index in [1.165, 1.54) is 0 Å². The highest BCUT2D eigenvalue weighted by molar-refractivity contribution is 5.93. The fraction of sp³-hybridized carbons (Fsp3) is 0.312. The van der Waals surface area contributed by atoms with E-state index in [9.17, 15) is 9.59 Å². The zero-order valence-corrected chi connectivity index (χ0v) is 12.9. The molecule has 0 saturated carbocycles. The van der Waals surface area contributed by atoms with E-state index in [1.807, 2.05) is 20.9 Å². The lowest BCUT2D eigenvalue weighted by molar-refractivity contribution is -0.136. The summed E-state index contributed by atoms with van der Waals surface area (Å²) in [7, 11) is 1.84. The summed E-state index contributed by atoms with van der Waals surface area (Å²) in [5, 5.41) is 16.0. The molecule has 0 spiro atoms. The summed E-state index contributed by atoms with van der Waals surface area (Å²) in [6.45, 7) is 3.79. The van der Waals surface area contributed by atoms with Crippen molar-refractivity contribution in [2.24, 2.45) is 7.05 Å². The fourth-order valence-corrected chi connectivity index (χ4v) is 2.39. The standard InChI is InChI=1S/C16H19N3O3/c1-10-13(11(2)19(3)18-10)9-15(20)17-14-7-5-4-6-12(14)8-16(21)22/h4-7H,8-9H2,1-3H3,(H,17,20)(H,21,22). The van der Waals surface area contributed by atoms with E-state index >= 15 is 0 Å². The van der Waals surface area contributed by atoms with Crippen LogP contribution < -0.4 is 5.32 Å². The fourth-order valence-electron chi connectivity index (χ4n) is 2.39. The molecule has 116 valence electrons. The number of amides is 1. The van der Waals surface area contributed by atoms with Crippen molar-refractivity contribution in [3.63, 3.8) is 0 Å². The van der Waals surface area contributed by atoms with Crippen LogP contribution in [0.5, 0.6) is 0 Å². The number of carboxylic acids is 1. The summed E-state index contributed by atoms with van der Waals surface area (Å²) >= 11 is 0. The minimum absolute atomic E-state index is 0.124. The summed E-state index contributed by atoms with van der Waals surface area (Å²) in [6.07, 6.45) is 0.0916. The summed E-state index contributed by atoms with van der Waals surface area (Å²) in [5.41, 5.74) is 3.80. The molecule has 0 saturated heterocycles. The number of hydrogen-bond acceptors (Lipinski definition) is 3. The number of carbonyl (C=O) groups excluding carboxylic acids is 1. The minimum Gasteiger partial charge on any atom is -0.481 e. The van der Waals surface area contributed by atoms with Crippen molar-refractivity contribution in [3.8, 4) is 0 Å². The highest BCUT2D eigenvalue weighted by atomic mass is 16.4.